The lowest BCUT2D eigenvalue weighted by molar-refractivity contribution is 0.0486. The second-order valence-electron chi connectivity index (χ2n) is 8.39. The first-order chi connectivity index (χ1) is 18.1. The molecule has 0 unspecified atom stereocenters. The monoisotopic (exact) mass is 502 g/mol. The topological polar surface area (TPSA) is 99.9 Å². The Balaban J connectivity index is 1.20. The van der Waals surface area contributed by atoms with Crippen LogP contribution in [0, 0.1) is 0 Å². The summed E-state index contributed by atoms with van der Waals surface area (Å²) < 4.78 is 22.1. The molecule has 1 N–H and O–H groups in total. The molecule has 0 spiro atoms. The van der Waals surface area contributed by atoms with Crippen molar-refractivity contribution < 1.29 is 23.4 Å². The standard InChI is InChI=1S/C29H30N2O6/c1-2-3-6-17-34-23-15-13-21(14-16-23)27(32)36-19-8-18-35-24-10-7-9-22(20-24)30-29-31-26-12-5-4-11-25(26)28(33)37-29/h4-5,7,9-16,20H,2-3,6,8,17-19H2,1H3,(H,30,31). The van der Waals surface area contributed by atoms with Crippen molar-refractivity contribution in [1.82, 2.24) is 4.98 Å². The number of carbonyl (C=O) groups excluding carboxylic acids is 1. The van der Waals surface area contributed by atoms with Gasteiger partial charge in [0, 0.05) is 18.2 Å². The number of rotatable bonds is 13. The molecule has 192 valence electrons. The van der Waals surface area contributed by atoms with Crippen molar-refractivity contribution in [2.24, 2.45) is 0 Å². The molecule has 0 aliphatic rings. The van der Waals surface area contributed by atoms with Crippen LogP contribution in [0.15, 0.2) is 82.0 Å². The number of unbranched alkanes of at least 4 members (excludes halogenated alkanes) is 2. The Labute approximate surface area is 215 Å². The van der Waals surface area contributed by atoms with Crippen LogP contribution in [0.3, 0.4) is 0 Å². The first-order valence-electron chi connectivity index (χ1n) is 12.4. The van der Waals surface area contributed by atoms with Gasteiger partial charge in [-0.3, -0.25) is 0 Å². The normalized spacial score (nSPS) is 10.7. The maximum atomic E-state index is 12.3. The molecule has 37 heavy (non-hydrogen) atoms. The number of hydrogen-bond acceptors (Lipinski definition) is 8. The van der Waals surface area contributed by atoms with Crippen molar-refractivity contribution in [2.75, 3.05) is 25.1 Å². The summed E-state index contributed by atoms with van der Waals surface area (Å²) in [5.74, 6) is 0.985. The highest BCUT2D eigenvalue weighted by molar-refractivity contribution is 5.89. The van der Waals surface area contributed by atoms with Crippen LogP contribution in [-0.4, -0.2) is 30.8 Å². The predicted octanol–water partition coefficient (Wildman–Crippen LogP) is 6.13. The predicted molar refractivity (Wildman–Crippen MR) is 142 cm³/mol. The molecule has 1 aromatic heterocycles. The minimum absolute atomic E-state index is 0.101. The van der Waals surface area contributed by atoms with Crippen LogP contribution < -0.4 is 20.4 Å². The van der Waals surface area contributed by atoms with E-state index in [-0.39, 0.29) is 18.6 Å². The molecular formula is C29H30N2O6. The maximum absolute atomic E-state index is 12.3. The zero-order valence-electron chi connectivity index (χ0n) is 20.8. The number of nitrogens with zero attached hydrogens (tertiary/aromatic N) is 1. The van der Waals surface area contributed by atoms with Crippen LogP contribution in [0.5, 0.6) is 11.5 Å². The molecule has 4 rings (SSSR count). The van der Waals surface area contributed by atoms with Crippen LogP contribution in [0.2, 0.25) is 0 Å². The van der Waals surface area contributed by atoms with E-state index in [0.717, 1.165) is 25.0 Å². The van der Waals surface area contributed by atoms with E-state index in [0.29, 0.717) is 47.5 Å². The Kier molecular flexibility index (Phi) is 9.12. The fraction of sp³-hybridized carbons (Fsp3) is 0.276. The molecule has 0 atom stereocenters. The van der Waals surface area contributed by atoms with E-state index in [2.05, 4.69) is 17.2 Å². The molecule has 0 radical (unpaired) electrons. The largest absolute Gasteiger partial charge is 0.494 e. The molecule has 0 aliphatic heterocycles. The highest BCUT2D eigenvalue weighted by atomic mass is 16.5. The van der Waals surface area contributed by atoms with E-state index in [1.54, 1.807) is 48.5 Å². The van der Waals surface area contributed by atoms with Crippen molar-refractivity contribution in [3.63, 3.8) is 0 Å². The van der Waals surface area contributed by atoms with Crippen molar-refractivity contribution in [3.8, 4) is 11.5 Å². The molecule has 0 saturated heterocycles. The summed E-state index contributed by atoms with van der Waals surface area (Å²) in [6, 6.07) is 21.3. The van der Waals surface area contributed by atoms with Gasteiger partial charge in [-0.2, -0.15) is 4.98 Å². The highest BCUT2D eigenvalue weighted by Crippen LogP contribution is 2.21. The first kappa shape index (κ1) is 25.8. The molecule has 1 heterocycles. The number of ether oxygens (including phenoxy) is 3. The third-order valence-electron chi connectivity index (χ3n) is 5.52. The van der Waals surface area contributed by atoms with Crippen LogP contribution >= 0.6 is 0 Å². The summed E-state index contributed by atoms with van der Waals surface area (Å²) in [5, 5.41) is 3.42. The number of esters is 1. The number of fused-ring (bicyclic) bond motifs is 1. The fourth-order valence-corrected chi connectivity index (χ4v) is 3.59. The molecule has 8 heteroatoms. The molecule has 4 aromatic rings. The molecule has 0 bridgehead atoms. The Hall–Kier alpha value is -4.33. The smallest absolute Gasteiger partial charge is 0.348 e. The SMILES string of the molecule is CCCCCOc1ccc(C(=O)OCCCOc2cccc(Nc3nc4ccccc4c(=O)o3)c2)cc1. The van der Waals surface area contributed by atoms with Gasteiger partial charge >= 0.3 is 17.6 Å². The van der Waals surface area contributed by atoms with E-state index in [1.807, 2.05) is 24.3 Å². The van der Waals surface area contributed by atoms with E-state index in [4.69, 9.17) is 18.6 Å². The summed E-state index contributed by atoms with van der Waals surface area (Å²) in [5.41, 5.74) is 1.24. The first-order valence-corrected chi connectivity index (χ1v) is 12.4. The van der Waals surface area contributed by atoms with E-state index in [1.165, 1.54) is 0 Å². The second kappa shape index (κ2) is 13.1. The lowest BCUT2D eigenvalue weighted by Crippen LogP contribution is -2.09. The van der Waals surface area contributed by atoms with Gasteiger partial charge in [0.25, 0.3) is 0 Å². The Morgan fingerprint density at radius 1 is 0.865 bits per heavy atom. The van der Waals surface area contributed by atoms with Gasteiger partial charge in [-0.05, 0) is 55.0 Å². The lowest BCUT2D eigenvalue weighted by Gasteiger charge is -2.10. The van der Waals surface area contributed by atoms with Gasteiger partial charge in [0.2, 0.25) is 0 Å². The summed E-state index contributed by atoms with van der Waals surface area (Å²) >= 11 is 0. The minimum Gasteiger partial charge on any atom is -0.494 e. The molecule has 0 amide bonds. The third kappa shape index (κ3) is 7.57. The number of carbonyl (C=O) groups is 1. The van der Waals surface area contributed by atoms with Gasteiger partial charge in [-0.1, -0.05) is 38.0 Å². The molecule has 8 nitrogen and oxygen atoms in total. The zero-order chi connectivity index (χ0) is 25.9. The molecule has 3 aromatic carbocycles. The van der Waals surface area contributed by atoms with E-state index >= 15 is 0 Å². The summed E-state index contributed by atoms with van der Waals surface area (Å²) in [7, 11) is 0. The van der Waals surface area contributed by atoms with Gasteiger partial charge in [-0.15, -0.1) is 0 Å². The van der Waals surface area contributed by atoms with Crippen LogP contribution in [0.4, 0.5) is 11.7 Å². The Morgan fingerprint density at radius 2 is 1.65 bits per heavy atom. The molecule has 0 saturated carbocycles. The number of benzene rings is 3. The zero-order valence-corrected chi connectivity index (χ0v) is 20.8. The van der Waals surface area contributed by atoms with Crippen LogP contribution in [0.1, 0.15) is 43.0 Å². The van der Waals surface area contributed by atoms with Gasteiger partial charge < -0.3 is 23.9 Å². The third-order valence-corrected chi connectivity index (χ3v) is 5.52. The fourth-order valence-electron chi connectivity index (χ4n) is 3.59. The van der Waals surface area contributed by atoms with Crippen molar-refractivity contribution >= 4 is 28.6 Å². The van der Waals surface area contributed by atoms with Gasteiger partial charge in [0.15, 0.2) is 0 Å². The number of nitrogens with one attached hydrogen (secondary N) is 1. The number of anilines is 2. The average Bonchev–Trinajstić information content (AvgIpc) is 2.91. The Morgan fingerprint density at radius 3 is 2.49 bits per heavy atom. The van der Waals surface area contributed by atoms with Crippen LogP contribution in [0.25, 0.3) is 10.9 Å². The summed E-state index contributed by atoms with van der Waals surface area (Å²) in [4.78, 5) is 28.8. The maximum Gasteiger partial charge on any atom is 0.348 e. The van der Waals surface area contributed by atoms with Crippen LogP contribution in [-0.2, 0) is 4.74 Å². The lowest BCUT2D eigenvalue weighted by atomic mass is 10.2. The van der Waals surface area contributed by atoms with Gasteiger partial charge in [0.1, 0.15) is 11.5 Å². The quantitative estimate of drug-likeness (QED) is 0.172. The Bertz CT molecular complexity index is 1370. The highest BCUT2D eigenvalue weighted by Gasteiger charge is 2.09. The molecular weight excluding hydrogens is 472 g/mol. The van der Waals surface area contributed by atoms with Crippen molar-refractivity contribution in [2.45, 2.75) is 32.6 Å². The van der Waals surface area contributed by atoms with Crippen molar-refractivity contribution in [3.05, 3.63) is 88.8 Å². The molecule has 0 aliphatic carbocycles. The molecule has 0 fully saturated rings. The van der Waals surface area contributed by atoms with Gasteiger partial charge in [0.05, 0.1) is 36.3 Å². The van der Waals surface area contributed by atoms with E-state index in [9.17, 15) is 9.59 Å². The van der Waals surface area contributed by atoms with Gasteiger partial charge in [-0.25, -0.2) is 9.59 Å². The van der Waals surface area contributed by atoms with E-state index < -0.39 is 5.63 Å². The number of hydrogen-bond donors (Lipinski definition) is 1. The second-order valence-corrected chi connectivity index (χ2v) is 8.39. The minimum atomic E-state index is -0.457. The average molecular weight is 503 g/mol. The summed E-state index contributed by atoms with van der Waals surface area (Å²) in [6.07, 6.45) is 3.83. The number of para-hydroxylation sites is 1. The summed E-state index contributed by atoms with van der Waals surface area (Å²) in [6.45, 7) is 3.42. The van der Waals surface area contributed by atoms with Crippen molar-refractivity contribution in [1.29, 1.82) is 0 Å². The number of aromatic nitrogens is 1.